The number of unbranched alkanes of at least 4 members (excludes halogenated alkanes) is 1. The third-order valence-corrected chi connectivity index (χ3v) is 10.1. The number of halogens is 1. The summed E-state index contributed by atoms with van der Waals surface area (Å²) in [6.07, 6.45) is 15.4. The fourth-order valence-electron chi connectivity index (χ4n) is 7.15. The normalized spacial score (nSPS) is 20.7. The minimum atomic E-state index is -0.128. The molecule has 0 bridgehead atoms. The standard InChI is InChI=1S/C39H48ClN3O/c1-7-8-26-42-33-19-11-9-17-31(33)38(3,4)35(42)23-21-29-15-13-16-30(37(29)40)22-24-36-39(5,6)32-18-10-12-20-34(32)43(36)27-14-25-41-28(2)44/h9-12,17-24H,7-8,13-16,25-27H2,1-6H3/p+1. The summed E-state index contributed by atoms with van der Waals surface area (Å²) in [5.41, 5.74) is 10.2. The average molecular weight is 611 g/mol. The molecule has 0 unspecified atom stereocenters. The van der Waals surface area contributed by atoms with Gasteiger partial charge in [-0.05, 0) is 68.4 Å². The number of carbonyl (C=O) groups is 1. The molecule has 0 radical (unpaired) electrons. The van der Waals surface area contributed by atoms with E-state index in [9.17, 15) is 4.79 Å². The zero-order valence-corrected chi connectivity index (χ0v) is 28.2. The third kappa shape index (κ3) is 6.24. The third-order valence-electron chi connectivity index (χ3n) is 9.61. The van der Waals surface area contributed by atoms with Crippen molar-refractivity contribution in [3.05, 3.63) is 106 Å². The summed E-state index contributed by atoms with van der Waals surface area (Å²) in [6, 6.07) is 17.6. The molecule has 3 aliphatic rings. The molecule has 2 heterocycles. The first-order chi connectivity index (χ1) is 21.1. The van der Waals surface area contributed by atoms with E-state index in [4.69, 9.17) is 11.6 Å². The number of hydrogen-bond acceptors (Lipinski definition) is 2. The van der Waals surface area contributed by atoms with Gasteiger partial charge in [0.2, 0.25) is 11.6 Å². The largest absolute Gasteiger partial charge is 0.356 e. The number of nitrogens with zero attached hydrogens (tertiary/aromatic N) is 2. The van der Waals surface area contributed by atoms with Crippen molar-refractivity contribution in [3.63, 3.8) is 0 Å². The molecule has 0 saturated carbocycles. The number of rotatable bonds is 10. The summed E-state index contributed by atoms with van der Waals surface area (Å²) in [7, 11) is 0. The lowest BCUT2D eigenvalue weighted by atomic mass is 9.81. The zero-order valence-electron chi connectivity index (χ0n) is 27.5. The van der Waals surface area contributed by atoms with Gasteiger partial charge in [-0.15, -0.1) is 0 Å². The van der Waals surface area contributed by atoms with E-state index >= 15 is 0 Å². The molecule has 1 amide bonds. The highest BCUT2D eigenvalue weighted by atomic mass is 35.5. The Balaban J connectivity index is 1.46. The Morgan fingerprint density at radius 1 is 0.955 bits per heavy atom. The second-order valence-corrected chi connectivity index (χ2v) is 13.8. The lowest BCUT2D eigenvalue weighted by Crippen LogP contribution is -2.29. The van der Waals surface area contributed by atoms with E-state index in [2.05, 4.69) is 122 Å². The molecule has 0 fully saturated rings. The van der Waals surface area contributed by atoms with Crippen molar-refractivity contribution in [1.82, 2.24) is 5.32 Å². The topological polar surface area (TPSA) is 35.4 Å². The molecule has 5 rings (SSSR count). The smallest absolute Gasteiger partial charge is 0.216 e. The number of fused-ring (bicyclic) bond motifs is 2. The maximum atomic E-state index is 11.4. The van der Waals surface area contributed by atoms with Crippen LogP contribution in [-0.4, -0.2) is 35.8 Å². The predicted octanol–water partition coefficient (Wildman–Crippen LogP) is 9.23. The molecule has 44 heavy (non-hydrogen) atoms. The van der Waals surface area contributed by atoms with Crippen molar-refractivity contribution in [1.29, 1.82) is 0 Å². The van der Waals surface area contributed by atoms with Crippen LogP contribution in [-0.2, 0) is 15.6 Å². The predicted molar refractivity (Wildman–Crippen MR) is 186 cm³/mol. The summed E-state index contributed by atoms with van der Waals surface area (Å²) in [6.45, 7) is 15.7. The Morgan fingerprint density at radius 2 is 1.68 bits per heavy atom. The highest BCUT2D eigenvalue weighted by Crippen LogP contribution is 2.48. The number of carbonyl (C=O) groups excluding carboxylic acids is 1. The molecular formula is C39H49ClN3O+. The van der Waals surface area contributed by atoms with Gasteiger partial charge in [-0.25, -0.2) is 0 Å². The molecule has 2 aromatic rings. The Bertz CT molecular complexity index is 1570. The molecule has 5 heteroatoms. The van der Waals surface area contributed by atoms with Gasteiger partial charge in [-0.1, -0.05) is 87.3 Å². The number of hydrogen-bond donors (Lipinski definition) is 1. The molecule has 1 N–H and O–H groups in total. The first-order valence-corrected chi connectivity index (χ1v) is 16.8. The van der Waals surface area contributed by atoms with Gasteiger partial charge >= 0.3 is 0 Å². The molecule has 1 aliphatic carbocycles. The second kappa shape index (κ2) is 13.3. The van der Waals surface area contributed by atoms with Crippen molar-refractivity contribution in [2.45, 2.75) is 90.9 Å². The summed E-state index contributed by atoms with van der Waals surface area (Å²) in [4.78, 5) is 14.0. The van der Waals surface area contributed by atoms with E-state index in [1.807, 2.05) is 0 Å². The van der Waals surface area contributed by atoms with Crippen molar-refractivity contribution in [2.24, 2.45) is 0 Å². The number of allylic oxidation sites excluding steroid dienone is 8. The Morgan fingerprint density at radius 3 is 2.43 bits per heavy atom. The van der Waals surface area contributed by atoms with Crippen LogP contribution in [0.1, 0.15) is 91.2 Å². The maximum absolute atomic E-state index is 11.4. The lowest BCUT2D eigenvalue weighted by molar-refractivity contribution is -0.437. The van der Waals surface area contributed by atoms with Gasteiger partial charge in [0.25, 0.3) is 0 Å². The minimum absolute atomic E-state index is 0.0179. The van der Waals surface area contributed by atoms with Gasteiger partial charge in [-0.3, -0.25) is 4.79 Å². The van der Waals surface area contributed by atoms with Crippen LogP contribution < -0.4 is 10.2 Å². The lowest BCUT2D eigenvalue weighted by Gasteiger charge is -2.27. The molecule has 0 aromatic heterocycles. The average Bonchev–Trinajstić information content (AvgIpc) is 3.35. The van der Waals surface area contributed by atoms with E-state index in [1.54, 1.807) is 6.92 Å². The van der Waals surface area contributed by atoms with Crippen LogP contribution in [0.4, 0.5) is 11.4 Å². The van der Waals surface area contributed by atoms with E-state index in [0.717, 1.165) is 50.2 Å². The maximum Gasteiger partial charge on any atom is 0.216 e. The van der Waals surface area contributed by atoms with Gasteiger partial charge in [0.1, 0.15) is 0 Å². The van der Waals surface area contributed by atoms with Crippen LogP contribution in [0.2, 0.25) is 0 Å². The van der Waals surface area contributed by atoms with Crippen molar-refractivity contribution in [2.75, 3.05) is 24.5 Å². The summed E-state index contributed by atoms with van der Waals surface area (Å²) >= 11 is 7.18. The van der Waals surface area contributed by atoms with Crippen LogP contribution in [0.25, 0.3) is 0 Å². The van der Waals surface area contributed by atoms with E-state index in [1.165, 1.54) is 51.5 Å². The van der Waals surface area contributed by atoms with Crippen LogP contribution in [0.5, 0.6) is 0 Å². The number of para-hydroxylation sites is 2. The van der Waals surface area contributed by atoms with E-state index in [-0.39, 0.29) is 16.7 Å². The van der Waals surface area contributed by atoms with Crippen molar-refractivity contribution < 1.29 is 9.37 Å². The fourth-order valence-corrected chi connectivity index (χ4v) is 7.46. The van der Waals surface area contributed by atoms with Crippen molar-refractivity contribution >= 4 is 34.6 Å². The first kappa shape index (κ1) is 32.0. The molecule has 4 nitrogen and oxygen atoms in total. The molecule has 0 spiro atoms. The zero-order chi connectivity index (χ0) is 31.5. The number of nitrogens with one attached hydrogen (secondary N) is 1. The highest BCUT2D eigenvalue weighted by Gasteiger charge is 2.44. The van der Waals surface area contributed by atoms with Gasteiger partial charge < -0.3 is 10.2 Å². The monoisotopic (exact) mass is 610 g/mol. The van der Waals surface area contributed by atoms with Crippen LogP contribution >= 0.6 is 11.6 Å². The molecule has 2 aromatic carbocycles. The van der Waals surface area contributed by atoms with Crippen LogP contribution in [0.15, 0.2) is 94.7 Å². The SMILES string of the molecule is CCCCN1/C(=C/C=C2\CCCC(/C=C/C3=[N+](CCCNC(C)=O)c4ccccc4C3(C)C)=C2Cl)C(C)(C)c2ccccc21. The number of benzene rings is 2. The Hall–Kier alpha value is -3.37. The Kier molecular flexibility index (Phi) is 9.70. The second-order valence-electron chi connectivity index (χ2n) is 13.4. The van der Waals surface area contributed by atoms with Gasteiger partial charge in [0.05, 0.1) is 5.41 Å². The minimum Gasteiger partial charge on any atom is -0.356 e. The molecule has 0 saturated heterocycles. The number of anilines is 1. The first-order valence-electron chi connectivity index (χ1n) is 16.4. The fraction of sp³-hybridized carbons (Fsp3) is 0.436. The van der Waals surface area contributed by atoms with Crippen LogP contribution in [0, 0.1) is 0 Å². The Labute approximate surface area is 269 Å². The summed E-state index contributed by atoms with van der Waals surface area (Å²) in [5, 5.41) is 3.84. The van der Waals surface area contributed by atoms with Gasteiger partial charge in [0, 0.05) is 66.0 Å². The molecule has 0 atom stereocenters. The summed E-state index contributed by atoms with van der Waals surface area (Å²) < 4.78 is 2.43. The van der Waals surface area contributed by atoms with Gasteiger partial charge in [0.15, 0.2) is 12.3 Å². The number of amides is 1. The molecule has 2 aliphatic heterocycles. The molecule has 232 valence electrons. The van der Waals surface area contributed by atoms with E-state index < -0.39 is 0 Å². The van der Waals surface area contributed by atoms with Crippen LogP contribution in [0.3, 0.4) is 0 Å². The van der Waals surface area contributed by atoms with E-state index in [0.29, 0.717) is 6.54 Å². The molecular weight excluding hydrogens is 562 g/mol. The van der Waals surface area contributed by atoms with Crippen molar-refractivity contribution in [3.8, 4) is 0 Å². The van der Waals surface area contributed by atoms with Gasteiger partial charge in [-0.2, -0.15) is 4.58 Å². The quantitative estimate of drug-likeness (QED) is 0.215. The highest BCUT2D eigenvalue weighted by molar-refractivity contribution is 6.32. The summed E-state index contributed by atoms with van der Waals surface area (Å²) in [5.74, 6) is 0.0179.